The molecule has 0 spiro atoms. The van der Waals surface area contributed by atoms with Crippen LogP contribution in [0, 0.1) is 20.8 Å². The molecule has 0 radical (unpaired) electrons. The molecule has 2 heterocycles. The SMILES string of the molecule is Cc1ccc(-n2nnnc2SCc2csc(CC(=O)Nc3ccccc3C)n2)c(C)c1. The third-order valence-electron chi connectivity index (χ3n) is 4.70. The van der Waals surface area contributed by atoms with Crippen molar-refractivity contribution in [1.29, 1.82) is 0 Å². The third-order valence-corrected chi connectivity index (χ3v) is 6.55. The van der Waals surface area contributed by atoms with Gasteiger partial charge in [0.05, 0.1) is 17.8 Å². The molecule has 0 atom stereocenters. The predicted octanol–water partition coefficient (Wildman–Crippen LogP) is 4.52. The molecule has 4 rings (SSSR count). The Balaban J connectivity index is 1.38. The third kappa shape index (κ3) is 5.18. The molecule has 0 bridgehead atoms. The number of carbonyl (C=O) groups excluding carboxylic acids is 1. The van der Waals surface area contributed by atoms with Crippen LogP contribution in [0.1, 0.15) is 27.4 Å². The van der Waals surface area contributed by atoms with E-state index in [4.69, 9.17) is 0 Å². The number of amides is 1. The van der Waals surface area contributed by atoms with Gasteiger partial charge in [0.1, 0.15) is 5.01 Å². The highest BCUT2D eigenvalue weighted by atomic mass is 32.2. The van der Waals surface area contributed by atoms with E-state index in [1.807, 2.05) is 55.6 Å². The number of thiazole rings is 1. The molecule has 158 valence electrons. The number of benzene rings is 2. The number of carbonyl (C=O) groups is 1. The van der Waals surface area contributed by atoms with Crippen LogP contribution in [0.3, 0.4) is 0 Å². The Morgan fingerprint density at radius 2 is 1.97 bits per heavy atom. The highest BCUT2D eigenvalue weighted by Gasteiger charge is 2.14. The number of anilines is 1. The van der Waals surface area contributed by atoms with Gasteiger partial charge in [0.2, 0.25) is 11.1 Å². The number of hydrogen-bond acceptors (Lipinski definition) is 7. The molecule has 0 fully saturated rings. The van der Waals surface area contributed by atoms with Crippen molar-refractivity contribution in [2.75, 3.05) is 5.32 Å². The summed E-state index contributed by atoms with van der Waals surface area (Å²) in [5.41, 5.74) is 6.05. The van der Waals surface area contributed by atoms with E-state index >= 15 is 0 Å². The summed E-state index contributed by atoms with van der Waals surface area (Å²) in [4.78, 5) is 17.0. The highest BCUT2D eigenvalue weighted by molar-refractivity contribution is 7.98. The van der Waals surface area contributed by atoms with Crippen molar-refractivity contribution in [3.8, 4) is 5.69 Å². The Labute approximate surface area is 188 Å². The number of para-hydroxylation sites is 1. The van der Waals surface area contributed by atoms with Gasteiger partial charge in [-0.25, -0.2) is 4.98 Å². The molecule has 2 aromatic heterocycles. The van der Waals surface area contributed by atoms with Crippen LogP contribution in [-0.4, -0.2) is 31.1 Å². The minimum Gasteiger partial charge on any atom is -0.325 e. The molecule has 7 nitrogen and oxygen atoms in total. The maximum Gasteiger partial charge on any atom is 0.231 e. The van der Waals surface area contributed by atoms with Crippen LogP contribution in [0.15, 0.2) is 53.0 Å². The number of rotatable bonds is 7. The standard InChI is InChI=1S/C22H22N6OS2/c1-14-8-9-19(16(3)10-14)28-22(25-26-27-28)31-13-17-12-30-21(23-17)11-20(29)24-18-7-5-4-6-15(18)2/h4-10,12H,11,13H2,1-3H3,(H,24,29). The average Bonchev–Trinajstić information content (AvgIpc) is 3.37. The van der Waals surface area contributed by atoms with Gasteiger partial charge in [0, 0.05) is 16.8 Å². The molecule has 0 aliphatic rings. The second kappa shape index (κ2) is 9.40. The topological polar surface area (TPSA) is 85.6 Å². The quantitative estimate of drug-likeness (QED) is 0.417. The number of nitrogens with one attached hydrogen (secondary N) is 1. The second-order valence-electron chi connectivity index (χ2n) is 7.22. The maximum atomic E-state index is 12.4. The number of nitrogens with zero attached hydrogens (tertiary/aromatic N) is 5. The van der Waals surface area contributed by atoms with Crippen molar-refractivity contribution in [3.05, 3.63) is 75.2 Å². The van der Waals surface area contributed by atoms with Crippen molar-refractivity contribution < 1.29 is 4.79 Å². The fourth-order valence-corrected chi connectivity index (χ4v) is 4.82. The maximum absolute atomic E-state index is 12.4. The van der Waals surface area contributed by atoms with Crippen molar-refractivity contribution >= 4 is 34.7 Å². The largest absolute Gasteiger partial charge is 0.325 e. The molecule has 9 heteroatoms. The molecule has 0 saturated carbocycles. The van der Waals surface area contributed by atoms with Crippen molar-refractivity contribution in [1.82, 2.24) is 25.2 Å². The van der Waals surface area contributed by atoms with Crippen LogP contribution in [0.5, 0.6) is 0 Å². The summed E-state index contributed by atoms with van der Waals surface area (Å²) < 4.78 is 1.75. The van der Waals surface area contributed by atoms with Crippen LogP contribution in [0.25, 0.3) is 5.69 Å². The van der Waals surface area contributed by atoms with Crippen LogP contribution < -0.4 is 5.32 Å². The molecular weight excluding hydrogens is 428 g/mol. The predicted molar refractivity (Wildman–Crippen MR) is 124 cm³/mol. The van der Waals surface area contributed by atoms with Crippen LogP contribution in [-0.2, 0) is 17.0 Å². The molecule has 0 saturated heterocycles. The zero-order valence-corrected chi connectivity index (χ0v) is 19.1. The van der Waals surface area contributed by atoms with E-state index in [2.05, 4.69) is 38.8 Å². The van der Waals surface area contributed by atoms with E-state index in [0.717, 1.165) is 33.2 Å². The monoisotopic (exact) mass is 450 g/mol. The van der Waals surface area contributed by atoms with Gasteiger partial charge in [0.15, 0.2) is 0 Å². The lowest BCUT2D eigenvalue weighted by molar-refractivity contribution is -0.115. The van der Waals surface area contributed by atoms with E-state index in [1.165, 1.54) is 28.7 Å². The van der Waals surface area contributed by atoms with Crippen molar-refractivity contribution in [3.63, 3.8) is 0 Å². The normalized spacial score (nSPS) is 10.9. The molecule has 31 heavy (non-hydrogen) atoms. The Morgan fingerprint density at radius 1 is 1.13 bits per heavy atom. The minimum atomic E-state index is -0.0679. The lowest BCUT2D eigenvalue weighted by atomic mass is 10.1. The molecule has 0 aliphatic heterocycles. The fraction of sp³-hybridized carbons (Fsp3) is 0.227. The summed E-state index contributed by atoms with van der Waals surface area (Å²) in [7, 11) is 0. The highest BCUT2D eigenvalue weighted by Crippen LogP contribution is 2.25. The summed E-state index contributed by atoms with van der Waals surface area (Å²) in [6, 6.07) is 13.9. The van der Waals surface area contributed by atoms with E-state index in [0.29, 0.717) is 10.9 Å². The molecule has 0 unspecified atom stereocenters. The Kier molecular flexibility index (Phi) is 6.43. The van der Waals surface area contributed by atoms with Gasteiger partial charge in [0.25, 0.3) is 0 Å². The van der Waals surface area contributed by atoms with Gasteiger partial charge in [-0.1, -0.05) is 47.7 Å². The van der Waals surface area contributed by atoms with Gasteiger partial charge in [-0.3, -0.25) is 4.79 Å². The van der Waals surface area contributed by atoms with Crippen molar-refractivity contribution in [2.24, 2.45) is 0 Å². The average molecular weight is 451 g/mol. The van der Waals surface area contributed by atoms with E-state index < -0.39 is 0 Å². The summed E-state index contributed by atoms with van der Waals surface area (Å²) in [5.74, 6) is 0.558. The first-order chi connectivity index (χ1) is 15.0. The summed E-state index contributed by atoms with van der Waals surface area (Å²) in [5, 5.41) is 18.6. The summed E-state index contributed by atoms with van der Waals surface area (Å²) >= 11 is 3.01. The van der Waals surface area contributed by atoms with E-state index in [-0.39, 0.29) is 12.3 Å². The summed E-state index contributed by atoms with van der Waals surface area (Å²) in [6.07, 6.45) is 0.254. The number of aromatic nitrogens is 5. The van der Waals surface area contributed by atoms with Crippen molar-refractivity contribution in [2.45, 2.75) is 38.1 Å². The van der Waals surface area contributed by atoms with E-state index in [1.54, 1.807) is 4.68 Å². The van der Waals surface area contributed by atoms with Crippen LogP contribution in [0.2, 0.25) is 0 Å². The second-order valence-corrected chi connectivity index (χ2v) is 9.11. The van der Waals surface area contributed by atoms with Gasteiger partial charge >= 0.3 is 0 Å². The summed E-state index contributed by atoms with van der Waals surface area (Å²) in [6.45, 7) is 6.08. The Hall–Kier alpha value is -3.04. The lowest BCUT2D eigenvalue weighted by Gasteiger charge is -2.08. The minimum absolute atomic E-state index is 0.0679. The van der Waals surface area contributed by atoms with Gasteiger partial charge in [-0.2, -0.15) is 4.68 Å². The number of hydrogen-bond donors (Lipinski definition) is 1. The Bertz CT molecular complexity index is 1220. The first-order valence-electron chi connectivity index (χ1n) is 9.77. The van der Waals surface area contributed by atoms with Crippen LogP contribution >= 0.6 is 23.1 Å². The van der Waals surface area contributed by atoms with Gasteiger partial charge in [-0.05, 0) is 54.5 Å². The van der Waals surface area contributed by atoms with E-state index in [9.17, 15) is 4.79 Å². The lowest BCUT2D eigenvalue weighted by Crippen LogP contribution is -2.15. The zero-order valence-electron chi connectivity index (χ0n) is 17.5. The van der Waals surface area contributed by atoms with Gasteiger partial charge < -0.3 is 5.32 Å². The Morgan fingerprint density at radius 3 is 2.77 bits per heavy atom. The van der Waals surface area contributed by atoms with Gasteiger partial charge in [-0.15, -0.1) is 16.4 Å². The molecule has 2 aromatic carbocycles. The molecular formula is C22H22N6OS2. The zero-order chi connectivity index (χ0) is 21.8. The molecule has 4 aromatic rings. The molecule has 0 aliphatic carbocycles. The first-order valence-corrected chi connectivity index (χ1v) is 11.6. The first kappa shape index (κ1) is 21.2. The molecule has 1 N–H and O–H groups in total. The van der Waals surface area contributed by atoms with Crippen LogP contribution in [0.4, 0.5) is 5.69 Å². The number of tetrazole rings is 1. The fourth-order valence-electron chi connectivity index (χ4n) is 3.14. The molecule has 1 amide bonds. The smallest absolute Gasteiger partial charge is 0.231 e. The number of thioether (sulfide) groups is 1. The number of aryl methyl sites for hydroxylation is 3.